The number of methoxy groups -OCH3 is 1. The molecule has 0 saturated carbocycles. The fourth-order valence-corrected chi connectivity index (χ4v) is 2.48. The highest BCUT2D eigenvalue weighted by Crippen LogP contribution is 2.29. The van der Waals surface area contributed by atoms with E-state index in [0.717, 1.165) is 24.4 Å². The van der Waals surface area contributed by atoms with Crippen molar-refractivity contribution in [1.82, 2.24) is 9.78 Å². The molecule has 0 bridgehead atoms. The predicted octanol–water partition coefficient (Wildman–Crippen LogP) is 2.69. The molecule has 0 aliphatic carbocycles. The van der Waals surface area contributed by atoms with E-state index in [1.165, 1.54) is 0 Å². The van der Waals surface area contributed by atoms with Gasteiger partial charge in [-0.05, 0) is 19.3 Å². The van der Waals surface area contributed by atoms with E-state index in [1.54, 1.807) is 7.11 Å². The fourth-order valence-electron chi connectivity index (χ4n) is 2.15. The average molecular weight is 289 g/mol. The number of aromatic nitrogens is 2. The Bertz CT molecular complexity index is 418. The van der Waals surface area contributed by atoms with Gasteiger partial charge in [0.2, 0.25) is 0 Å². The summed E-state index contributed by atoms with van der Waals surface area (Å²) in [6.45, 7) is 9.06. The number of nitrogens with zero attached hydrogens (tertiary/aromatic N) is 2. The summed E-state index contributed by atoms with van der Waals surface area (Å²) in [4.78, 5) is 0. The summed E-state index contributed by atoms with van der Waals surface area (Å²) in [6, 6.07) is 0. The van der Waals surface area contributed by atoms with Gasteiger partial charge in [0.15, 0.2) is 0 Å². The van der Waals surface area contributed by atoms with Crippen LogP contribution in [0.2, 0.25) is 5.02 Å². The van der Waals surface area contributed by atoms with E-state index >= 15 is 0 Å². The molecule has 110 valence electrons. The Balaban J connectivity index is 3.12. The molecule has 4 nitrogen and oxygen atoms in total. The van der Waals surface area contributed by atoms with E-state index in [9.17, 15) is 5.11 Å². The standard InChI is InChI=1S/C14H25ClN2O2/c1-6-11-13(15)12(17(7-2)16-11)8-14(18,9-19-5)10(3)4/h10,18H,6-9H2,1-5H3. The zero-order chi connectivity index (χ0) is 14.6. The molecule has 0 amide bonds. The molecule has 0 aromatic carbocycles. The minimum atomic E-state index is -0.920. The van der Waals surface area contributed by atoms with Gasteiger partial charge in [-0.25, -0.2) is 0 Å². The number of hydrogen-bond acceptors (Lipinski definition) is 3. The largest absolute Gasteiger partial charge is 0.387 e. The van der Waals surface area contributed by atoms with Crippen LogP contribution in [0, 0.1) is 5.92 Å². The molecule has 1 N–H and O–H groups in total. The maximum Gasteiger partial charge on any atom is 0.0958 e. The van der Waals surface area contributed by atoms with Crippen LogP contribution in [0.1, 0.15) is 39.1 Å². The third kappa shape index (κ3) is 3.50. The van der Waals surface area contributed by atoms with Crippen LogP contribution in [0.25, 0.3) is 0 Å². The number of halogens is 1. The van der Waals surface area contributed by atoms with Crippen molar-refractivity contribution in [2.24, 2.45) is 5.92 Å². The lowest BCUT2D eigenvalue weighted by Crippen LogP contribution is -2.42. The van der Waals surface area contributed by atoms with Crippen molar-refractivity contribution in [2.75, 3.05) is 13.7 Å². The Morgan fingerprint density at radius 1 is 1.42 bits per heavy atom. The third-order valence-corrected chi connectivity index (χ3v) is 4.07. The summed E-state index contributed by atoms with van der Waals surface area (Å²) >= 11 is 6.38. The van der Waals surface area contributed by atoms with E-state index in [1.807, 2.05) is 32.4 Å². The molecule has 0 saturated heterocycles. The number of aryl methyl sites for hydroxylation is 2. The minimum absolute atomic E-state index is 0.0776. The molecule has 1 heterocycles. The van der Waals surface area contributed by atoms with Crippen LogP contribution in [0.3, 0.4) is 0 Å². The first-order valence-corrected chi connectivity index (χ1v) is 7.22. The molecular formula is C14H25ClN2O2. The molecule has 0 spiro atoms. The van der Waals surface area contributed by atoms with Crippen molar-refractivity contribution in [3.05, 3.63) is 16.4 Å². The SMILES string of the molecule is CCc1nn(CC)c(CC(O)(COC)C(C)C)c1Cl. The van der Waals surface area contributed by atoms with Crippen LogP contribution in [-0.2, 0) is 24.1 Å². The van der Waals surface area contributed by atoms with Gasteiger partial charge in [0.05, 0.1) is 28.6 Å². The number of ether oxygens (including phenoxy) is 1. The number of aliphatic hydroxyl groups is 1. The van der Waals surface area contributed by atoms with Gasteiger partial charge >= 0.3 is 0 Å². The van der Waals surface area contributed by atoms with E-state index in [2.05, 4.69) is 5.10 Å². The highest BCUT2D eigenvalue weighted by Gasteiger charge is 2.34. The van der Waals surface area contributed by atoms with Crippen molar-refractivity contribution < 1.29 is 9.84 Å². The van der Waals surface area contributed by atoms with Gasteiger partial charge < -0.3 is 9.84 Å². The molecule has 5 heteroatoms. The summed E-state index contributed by atoms with van der Waals surface area (Å²) < 4.78 is 7.04. The molecule has 0 aliphatic rings. The number of rotatable bonds is 7. The van der Waals surface area contributed by atoms with Crippen molar-refractivity contribution in [3.8, 4) is 0 Å². The summed E-state index contributed by atoms with van der Waals surface area (Å²) in [5.74, 6) is 0.0776. The Hall–Kier alpha value is -0.580. The van der Waals surface area contributed by atoms with Crippen LogP contribution in [0.5, 0.6) is 0 Å². The maximum atomic E-state index is 10.7. The normalized spacial score (nSPS) is 14.9. The Kier molecular flexibility index (Phi) is 5.83. The van der Waals surface area contributed by atoms with Crippen LogP contribution in [-0.4, -0.2) is 34.2 Å². The number of hydrogen-bond donors (Lipinski definition) is 1. The lowest BCUT2D eigenvalue weighted by atomic mass is 9.86. The second kappa shape index (κ2) is 6.73. The first-order valence-electron chi connectivity index (χ1n) is 6.84. The van der Waals surface area contributed by atoms with Gasteiger partial charge in [0.1, 0.15) is 0 Å². The molecular weight excluding hydrogens is 264 g/mol. The van der Waals surface area contributed by atoms with Crippen molar-refractivity contribution in [3.63, 3.8) is 0 Å². The van der Waals surface area contributed by atoms with Gasteiger partial charge in [-0.2, -0.15) is 5.10 Å². The van der Waals surface area contributed by atoms with Gasteiger partial charge in [0, 0.05) is 20.1 Å². The first kappa shape index (κ1) is 16.5. The molecule has 1 rings (SSSR count). The van der Waals surface area contributed by atoms with E-state index in [4.69, 9.17) is 16.3 Å². The molecule has 0 radical (unpaired) electrons. The Morgan fingerprint density at radius 2 is 2.05 bits per heavy atom. The smallest absolute Gasteiger partial charge is 0.0958 e. The second-order valence-corrected chi connectivity index (χ2v) is 5.62. The van der Waals surface area contributed by atoms with E-state index in [-0.39, 0.29) is 12.5 Å². The summed E-state index contributed by atoms with van der Waals surface area (Å²) in [5, 5.41) is 15.9. The van der Waals surface area contributed by atoms with Gasteiger partial charge in [0.25, 0.3) is 0 Å². The summed E-state index contributed by atoms with van der Waals surface area (Å²) in [6.07, 6.45) is 1.25. The Labute approximate surface area is 120 Å². The van der Waals surface area contributed by atoms with E-state index < -0.39 is 5.60 Å². The topological polar surface area (TPSA) is 47.3 Å². The Morgan fingerprint density at radius 3 is 2.47 bits per heavy atom. The zero-order valence-electron chi connectivity index (χ0n) is 12.5. The van der Waals surface area contributed by atoms with Crippen molar-refractivity contribution >= 4 is 11.6 Å². The average Bonchev–Trinajstić information content (AvgIpc) is 2.66. The highest BCUT2D eigenvalue weighted by molar-refractivity contribution is 6.31. The fraction of sp³-hybridized carbons (Fsp3) is 0.786. The quantitative estimate of drug-likeness (QED) is 0.839. The third-order valence-electron chi connectivity index (χ3n) is 3.64. The second-order valence-electron chi connectivity index (χ2n) is 5.24. The minimum Gasteiger partial charge on any atom is -0.387 e. The van der Waals surface area contributed by atoms with Crippen LogP contribution >= 0.6 is 11.6 Å². The molecule has 19 heavy (non-hydrogen) atoms. The lowest BCUT2D eigenvalue weighted by Gasteiger charge is -2.31. The molecule has 0 aliphatic heterocycles. The maximum absolute atomic E-state index is 10.7. The molecule has 1 atom stereocenters. The van der Waals surface area contributed by atoms with Crippen LogP contribution in [0.4, 0.5) is 0 Å². The summed E-state index contributed by atoms with van der Waals surface area (Å²) in [5.41, 5.74) is 0.868. The molecule has 1 unspecified atom stereocenters. The monoisotopic (exact) mass is 288 g/mol. The highest BCUT2D eigenvalue weighted by atomic mass is 35.5. The van der Waals surface area contributed by atoms with Gasteiger partial charge in [-0.3, -0.25) is 4.68 Å². The van der Waals surface area contributed by atoms with Gasteiger partial charge in [-0.1, -0.05) is 32.4 Å². The van der Waals surface area contributed by atoms with Crippen LogP contribution < -0.4 is 0 Å². The van der Waals surface area contributed by atoms with E-state index in [0.29, 0.717) is 11.4 Å². The van der Waals surface area contributed by atoms with Crippen LogP contribution in [0.15, 0.2) is 0 Å². The van der Waals surface area contributed by atoms with Gasteiger partial charge in [-0.15, -0.1) is 0 Å². The molecule has 0 fully saturated rings. The first-order chi connectivity index (χ1) is 8.89. The predicted molar refractivity (Wildman–Crippen MR) is 77.7 cm³/mol. The van der Waals surface area contributed by atoms with Crippen molar-refractivity contribution in [2.45, 2.75) is 52.7 Å². The summed E-state index contributed by atoms with van der Waals surface area (Å²) in [7, 11) is 1.60. The van der Waals surface area contributed by atoms with Crippen molar-refractivity contribution in [1.29, 1.82) is 0 Å². The lowest BCUT2D eigenvalue weighted by molar-refractivity contribution is -0.0648. The molecule has 1 aromatic heterocycles. The zero-order valence-corrected chi connectivity index (χ0v) is 13.3. The molecule has 1 aromatic rings.